The fourth-order valence-electron chi connectivity index (χ4n) is 5.38. The second kappa shape index (κ2) is 14.8. The van der Waals surface area contributed by atoms with E-state index in [1.165, 1.54) is 57.8 Å². The maximum atomic E-state index is 13.2. The van der Waals surface area contributed by atoms with Crippen LogP contribution in [0.5, 0.6) is 5.75 Å². The Balaban J connectivity index is 2.95. The van der Waals surface area contributed by atoms with Gasteiger partial charge in [-0.15, -0.1) is 0 Å². The van der Waals surface area contributed by atoms with E-state index in [4.69, 9.17) is 4.74 Å². The lowest BCUT2D eigenvalue weighted by Crippen LogP contribution is -2.45. The largest absolute Gasteiger partial charge is 0.507 e. The van der Waals surface area contributed by atoms with Crippen LogP contribution in [0.2, 0.25) is 0 Å². The number of carbonyl (C=O) groups excluding carboxylic acids is 1. The first-order chi connectivity index (χ1) is 15.9. The number of hydrogen-bond donors (Lipinski definition) is 1. The first-order valence-electron chi connectivity index (χ1n) is 13.9. The number of carbonyl (C=O) groups is 1. The zero-order valence-electron chi connectivity index (χ0n) is 23.6. The van der Waals surface area contributed by atoms with Gasteiger partial charge in [0.1, 0.15) is 17.4 Å². The van der Waals surface area contributed by atoms with Crippen molar-refractivity contribution in [1.82, 2.24) is 0 Å². The average molecular weight is 475 g/mol. The maximum Gasteiger partial charge on any atom is 0.342 e. The van der Waals surface area contributed by atoms with Crippen molar-refractivity contribution >= 4 is 5.97 Å². The molecule has 3 nitrogen and oxygen atoms in total. The standard InChI is InChI=1S/C31H54O3/c1-9-11-12-13-14-15-16-17-18-22-26(31(6,7)8)28(25(10-2)30(3,4)5)34-29(33)24-21-19-20-23-27(24)32/h19-21,23,25-26,28,32H,9-18,22H2,1-8H3. The minimum atomic E-state index is -0.410. The molecule has 3 unspecified atom stereocenters. The summed E-state index contributed by atoms with van der Waals surface area (Å²) in [5, 5.41) is 10.2. The minimum Gasteiger partial charge on any atom is -0.507 e. The number of phenols is 1. The van der Waals surface area contributed by atoms with E-state index in [-0.39, 0.29) is 40.1 Å². The lowest BCUT2D eigenvalue weighted by Gasteiger charge is -2.44. The summed E-state index contributed by atoms with van der Waals surface area (Å²) in [5.74, 6) is 0.0783. The van der Waals surface area contributed by atoms with E-state index in [0.29, 0.717) is 0 Å². The number of hydrogen-bond acceptors (Lipinski definition) is 3. The summed E-state index contributed by atoms with van der Waals surface area (Å²) < 4.78 is 6.32. The summed E-state index contributed by atoms with van der Waals surface area (Å²) in [6.07, 6.45) is 13.6. The monoisotopic (exact) mass is 474 g/mol. The maximum absolute atomic E-state index is 13.2. The molecule has 0 aliphatic rings. The Morgan fingerprint density at radius 3 is 1.76 bits per heavy atom. The van der Waals surface area contributed by atoms with E-state index >= 15 is 0 Å². The Morgan fingerprint density at radius 1 is 0.794 bits per heavy atom. The molecule has 0 spiro atoms. The van der Waals surface area contributed by atoms with Gasteiger partial charge >= 0.3 is 5.97 Å². The van der Waals surface area contributed by atoms with Gasteiger partial charge in [0.25, 0.3) is 0 Å². The first-order valence-corrected chi connectivity index (χ1v) is 13.9. The summed E-state index contributed by atoms with van der Waals surface area (Å²) in [6, 6.07) is 6.71. The number of unbranched alkanes of at least 4 members (excludes halogenated alkanes) is 8. The Morgan fingerprint density at radius 2 is 1.29 bits per heavy atom. The van der Waals surface area contributed by atoms with Crippen LogP contribution in [0.25, 0.3) is 0 Å². The third-order valence-corrected chi connectivity index (χ3v) is 7.44. The lowest BCUT2D eigenvalue weighted by atomic mass is 9.65. The molecule has 0 heterocycles. The second-order valence-corrected chi connectivity index (χ2v) is 12.4. The number of rotatable bonds is 15. The number of ether oxygens (including phenoxy) is 1. The van der Waals surface area contributed by atoms with E-state index in [1.54, 1.807) is 24.3 Å². The molecule has 0 aromatic heterocycles. The predicted molar refractivity (Wildman–Crippen MR) is 145 cm³/mol. The molecule has 0 saturated carbocycles. The van der Waals surface area contributed by atoms with Crippen LogP contribution in [0.3, 0.4) is 0 Å². The van der Waals surface area contributed by atoms with Gasteiger partial charge in [0.15, 0.2) is 0 Å². The van der Waals surface area contributed by atoms with Gasteiger partial charge in [-0.3, -0.25) is 0 Å². The highest BCUT2D eigenvalue weighted by Crippen LogP contribution is 2.44. The van der Waals surface area contributed by atoms with Crippen LogP contribution in [0.15, 0.2) is 24.3 Å². The molecule has 0 fully saturated rings. The van der Waals surface area contributed by atoms with Crippen molar-refractivity contribution in [3.63, 3.8) is 0 Å². The summed E-state index contributed by atoms with van der Waals surface area (Å²) in [6.45, 7) is 18.1. The van der Waals surface area contributed by atoms with Gasteiger partial charge in [0.2, 0.25) is 0 Å². The van der Waals surface area contributed by atoms with Crippen molar-refractivity contribution in [3.05, 3.63) is 29.8 Å². The first kappa shape index (κ1) is 30.5. The van der Waals surface area contributed by atoms with Gasteiger partial charge in [-0.2, -0.15) is 0 Å². The lowest BCUT2D eigenvalue weighted by molar-refractivity contribution is -0.0622. The highest BCUT2D eigenvalue weighted by molar-refractivity contribution is 5.92. The van der Waals surface area contributed by atoms with Gasteiger partial charge in [0.05, 0.1) is 0 Å². The summed E-state index contributed by atoms with van der Waals surface area (Å²) in [7, 11) is 0. The molecular formula is C31H54O3. The molecule has 0 radical (unpaired) electrons. The van der Waals surface area contributed by atoms with Crippen molar-refractivity contribution < 1.29 is 14.6 Å². The molecule has 0 bridgehead atoms. The summed E-state index contributed by atoms with van der Waals surface area (Å²) >= 11 is 0. The molecule has 1 N–H and O–H groups in total. The molecule has 1 aromatic carbocycles. The molecule has 1 rings (SSSR count). The fourth-order valence-corrected chi connectivity index (χ4v) is 5.38. The quantitative estimate of drug-likeness (QED) is 0.203. The fraction of sp³-hybridized carbons (Fsp3) is 0.774. The van der Waals surface area contributed by atoms with Crippen molar-refractivity contribution in [2.75, 3.05) is 0 Å². The van der Waals surface area contributed by atoms with Crippen LogP contribution in [-0.2, 0) is 4.74 Å². The van der Waals surface area contributed by atoms with Crippen molar-refractivity contribution in [2.24, 2.45) is 22.7 Å². The van der Waals surface area contributed by atoms with Crippen molar-refractivity contribution in [3.8, 4) is 5.75 Å². The van der Waals surface area contributed by atoms with E-state index in [9.17, 15) is 9.90 Å². The van der Waals surface area contributed by atoms with E-state index < -0.39 is 5.97 Å². The van der Waals surface area contributed by atoms with Gasteiger partial charge in [-0.05, 0) is 35.8 Å². The highest BCUT2D eigenvalue weighted by atomic mass is 16.5. The Bertz CT molecular complexity index is 695. The zero-order chi connectivity index (χ0) is 25.8. The topological polar surface area (TPSA) is 46.5 Å². The summed E-state index contributed by atoms with van der Waals surface area (Å²) in [5.41, 5.74) is 0.287. The minimum absolute atomic E-state index is 0.0127. The third kappa shape index (κ3) is 10.4. The predicted octanol–water partition coefficient (Wildman–Crippen LogP) is 9.57. The van der Waals surface area contributed by atoms with Gasteiger partial charge in [0, 0.05) is 11.8 Å². The number of para-hydroxylation sites is 1. The Hall–Kier alpha value is -1.51. The van der Waals surface area contributed by atoms with Crippen LogP contribution in [0.1, 0.15) is 136 Å². The van der Waals surface area contributed by atoms with Crippen molar-refractivity contribution in [2.45, 2.75) is 132 Å². The molecule has 0 saturated heterocycles. The molecule has 1 aromatic rings. The molecule has 0 aliphatic heterocycles. The number of esters is 1. The van der Waals surface area contributed by atoms with Crippen LogP contribution in [-0.4, -0.2) is 17.2 Å². The molecule has 196 valence electrons. The van der Waals surface area contributed by atoms with Gasteiger partial charge < -0.3 is 9.84 Å². The molecular weight excluding hydrogens is 420 g/mol. The number of benzene rings is 1. The zero-order valence-corrected chi connectivity index (χ0v) is 23.6. The summed E-state index contributed by atoms with van der Waals surface area (Å²) in [4.78, 5) is 13.2. The van der Waals surface area contributed by atoms with E-state index in [2.05, 4.69) is 55.4 Å². The molecule has 0 aliphatic carbocycles. The van der Waals surface area contributed by atoms with Crippen LogP contribution >= 0.6 is 0 Å². The van der Waals surface area contributed by atoms with Crippen LogP contribution < -0.4 is 0 Å². The molecule has 3 atom stereocenters. The van der Waals surface area contributed by atoms with Gasteiger partial charge in [-0.1, -0.05) is 125 Å². The second-order valence-electron chi connectivity index (χ2n) is 12.4. The number of phenolic OH excluding ortho intramolecular Hbond substituents is 1. The van der Waals surface area contributed by atoms with Gasteiger partial charge in [-0.25, -0.2) is 4.79 Å². The molecule has 3 heteroatoms. The third-order valence-electron chi connectivity index (χ3n) is 7.44. The average Bonchev–Trinajstić information content (AvgIpc) is 2.73. The van der Waals surface area contributed by atoms with Crippen LogP contribution in [0.4, 0.5) is 0 Å². The van der Waals surface area contributed by atoms with E-state index in [1.807, 2.05) is 0 Å². The van der Waals surface area contributed by atoms with E-state index in [0.717, 1.165) is 12.8 Å². The normalized spacial score (nSPS) is 15.1. The molecule has 34 heavy (non-hydrogen) atoms. The Kier molecular flexibility index (Phi) is 13.3. The highest BCUT2D eigenvalue weighted by Gasteiger charge is 2.43. The number of aromatic hydroxyl groups is 1. The van der Waals surface area contributed by atoms with Crippen LogP contribution in [0, 0.1) is 22.7 Å². The molecule has 0 amide bonds. The Labute approximate surface area is 211 Å². The van der Waals surface area contributed by atoms with Crippen molar-refractivity contribution in [1.29, 1.82) is 0 Å². The smallest absolute Gasteiger partial charge is 0.342 e. The SMILES string of the molecule is CCCCCCCCCCCC(C(OC(=O)c1ccccc1O)C(CC)C(C)(C)C)C(C)(C)C.